The zero-order chi connectivity index (χ0) is 19.9. The van der Waals surface area contributed by atoms with Gasteiger partial charge in [-0.3, -0.25) is 0 Å². The summed E-state index contributed by atoms with van der Waals surface area (Å²) in [4.78, 5) is 0. The minimum atomic E-state index is 0.414. The van der Waals surface area contributed by atoms with Crippen molar-refractivity contribution in [2.24, 2.45) is 0 Å². The molecule has 0 fully saturated rings. The Bertz CT molecular complexity index is 928. The van der Waals surface area contributed by atoms with E-state index in [1.165, 1.54) is 5.56 Å². The van der Waals surface area contributed by atoms with Crippen molar-refractivity contribution in [2.75, 3.05) is 12.4 Å². The van der Waals surface area contributed by atoms with Crippen LogP contribution in [0.4, 0.5) is 5.69 Å². The zero-order valence-corrected chi connectivity index (χ0v) is 18.3. The van der Waals surface area contributed by atoms with Crippen LogP contribution in [-0.2, 0) is 19.6 Å². The molecular weight excluding hydrogens is 438 g/mol. The van der Waals surface area contributed by atoms with Crippen molar-refractivity contribution < 1.29 is 9.47 Å². The zero-order valence-electron chi connectivity index (χ0n) is 16.0. The van der Waals surface area contributed by atoms with Crippen molar-refractivity contribution in [2.45, 2.75) is 26.5 Å². The van der Waals surface area contributed by atoms with Gasteiger partial charge in [-0.2, -0.15) is 0 Å². The molecule has 0 spiro atoms. The van der Waals surface area contributed by atoms with E-state index in [0.717, 1.165) is 27.7 Å². The van der Waals surface area contributed by atoms with Gasteiger partial charge in [0.25, 0.3) is 0 Å². The van der Waals surface area contributed by atoms with Crippen molar-refractivity contribution >= 4 is 33.2 Å². The fourth-order valence-corrected chi connectivity index (χ4v) is 3.68. The van der Waals surface area contributed by atoms with Crippen LogP contribution in [0.15, 0.2) is 65.1 Å². The largest absolute Gasteiger partial charge is 0.493 e. The second kappa shape index (κ2) is 9.85. The first kappa shape index (κ1) is 20.6. The molecule has 0 aliphatic heterocycles. The fourth-order valence-electron chi connectivity index (χ4n) is 2.86. The summed E-state index contributed by atoms with van der Waals surface area (Å²) in [6.45, 7) is 3.26. The van der Waals surface area contributed by atoms with Crippen LogP contribution in [0.2, 0.25) is 5.02 Å². The van der Waals surface area contributed by atoms with Gasteiger partial charge in [0.1, 0.15) is 6.61 Å². The van der Waals surface area contributed by atoms with E-state index in [1.807, 2.05) is 36.4 Å². The van der Waals surface area contributed by atoms with Gasteiger partial charge in [-0.1, -0.05) is 42.8 Å². The summed E-state index contributed by atoms with van der Waals surface area (Å²) in [7, 11) is 1.65. The number of methoxy groups -OCH3 is 1. The standard InChI is InChI=1S/C23H23BrClNO2/c1-3-16-7-9-20(10-8-16)26-14-18-12-21(24)23(22(13-18)27-2)28-15-17-5-4-6-19(25)11-17/h4-13,26H,3,14-15H2,1-2H3. The molecule has 28 heavy (non-hydrogen) atoms. The summed E-state index contributed by atoms with van der Waals surface area (Å²) in [5.41, 5.74) is 4.52. The number of halogens is 2. The van der Waals surface area contributed by atoms with Gasteiger partial charge in [-0.15, -0.1) is 0 Å². The average molecular weight is 461 g/mol. The molecule has 0 radical (unpaired) electrons. The number of benzene rings is 3. The van der Waals surface area contributed by atoms with Crippen molar-refractivity contribution in [3.8, 4) is 11.5 Å². The maximum Gasteiger partial charge on any atom is 0.175 e. The maximum absolute atomic E-state index is 6.04. The highest BCUT2D eigenvalue weighted by Crippen LogP contribution is 2.37. The quantitative estimate of drug-likeness (QED) is 0.398. The molecule has 3 rings (SSSR count). The Labute approximate surface area is 179 Å². The lowest BCUT2D eigenvalue weighted by Crippen LogP contribution is -2.03. The van der Waals surface area contributed by atoms with Gasteiger partial charge >= 0.3 is 0 Å². The van der Waals surface area contributed by atoms with E-state index in [0.29, 0.717) is 29.7 Å². The van der Waals surface area contributed by atoms with Crippen LogP contribution in [0.1, 0.15) is 23.6 Å². The molecular formula is C23H23BrClNO2. The fraction of sp³-hybridized carbons (Fsp3) is 0.217. The lowest BCUT2D eigenvalue weighted by atomic mass is 10.1. The second-order valence-electron chi connectivity index (χ2n) is 6.43. The van der Waals surface area contributed by atoms with E-state index in [9.17, 15) is 0 Å². The predicted molar refractivity (Wildman–Crippen MR) is 120 cm³/mol. The summed E-state index contributed by atoms with van der Waals surface area (Å²) in [6.07, 6.45) is 1.04. The van der Waals surface area contributed by atoms with Gasteiger partial charge in [-0.05, 0) is 75.4 Å². The Hall–Kier alpha value is -2.17. The number of aryl methyl sites for hydroxylation is 1. The molecule has 0 atom stereocenters. The van der Waals surface area contributed by atoms with Crippen LogP contribution < -0.4 is 14.8 Å². The highest BCUT2D eigenvalue weighted by Gasteiger charge is 2.12. The molecule has 0 amide bonds. The molecule has 0 saturated carbocycles. The summed E-state index contributed by atoms with van der Waals surface area (Å²) < 4.78 is 12.4. The summed E-state index contributed by atoms with van der Waals surface area (Å²) in [5, 5.41) is 4.14. The Morgan fingerprint density at radius 2 is 1.75 bits per heavy atom. The first-order valence-corrected chi connectivity index (χ1v) is 10.3. The molecule has 0 aliphatic carbocycles. The molecule has 146 valence electrons. The van der Waals surface area contributed by atoms with Gasteiger partial charge in [-0.25, -0.2) is 0 Å². The number of rotatable bonds is 8. The van der Waals surface area contributed by atoms with Crippen LogP contribution in [0.3, 0.4) is 0 Å². The smallest absolute Gasteiger partial charge is 0.175 e. The number of hydrogen-bond donors (Lipinski definition) is 1. The Morgan fingerprint density at radius 3 is 2.43 bits per heavy atom. The number of anilines is 1. The number of hydrogen-bond acceptors (Lipinski definition) is 3. The Morgan fingerprint density at radius 1 is 0.964 bits per heavy atom. The van der Waals surface area contributed by atoms with Crippen LogP contribution in [0.25, 0.3) is 0 Å². The van der Waals surface area contributed by atoms with Gasteiger partial charge in [0.15, 0.2) is 11.5 Å². The highest BCUT2D eigenvalue weighted by molar-refractivity contribution is 9.10. The normalized spacial score (nSPS) is 10.6. The predicted octanol–water partition coefficient (Wildman–Crippen LogP) is 6.86. The number of nitrogens with one attached hydrogen (secondary N) is 1. The van der Waals surface area contributed by atoms with Crippen molar-refractivity contribution in [1.29, 1.82) is 0 Å². The molecule has 0 heterocycles. The van der Waals surface area contributed by atoms with Crippen molar-refractivity contribution in [1.82, 2.24) is 0 Å². The topological polar surface area (TPSA) is 30.5 Å². The van der Waals surface area contributed by atoms with Crippen molar-refractivity contribution in [3.05, 3.63) is 86.8 Å². The van der Waals surface area contributed by atoms with Gasteiger partial charge in [0, 0.05) is 17.3 Å². The molecule has 0 aliphatic rings. The van der Waals surface area contributed by atoms with E-state index in [-0.39, 0.29) is 0 Å². The van der Waals surface area contributed by atoms with E-state index in [2.05, 4.69) is 52.4 Å². The Balaban J connectivity index is 1.69. The van der Waals surface area contributed by atoms with Gasteiger partial charge in [0.05, 0.1) is 11.6 Å². The molecule has 0 bridgehead atoms. The second-order valence-corrected chi connectivity index (χ2v) is 7.72. The molecule has 3 aromatic carbocycles. The molecule has 3 nitrogen and oxygen atoms in total. The van der Waals surface area contributed by atoms with Gasteiger partial charge < -0.3 is 14.8 Å². The number of ether oxygens (including phenoxy) is 2. The highest BCUT2D eigenvalue weighted by atomic mass is 79.9. The molecule has 5 heteroatoms. The summed E-state index contributed by atoms with van der Waals surface area (Å²) >= 11 is 9.66. The summed E-state index contributed by atoms with van der Waals surface area (Å²) in [6, 6.07) is 20.2. The lowest BCUT2D eigenvalue weighted by molar-refractivity contribution is 0.282. The van der Waals surface area contributed by atoms with Gasteiger partial charge in [0.2, 0.25) is 0 Å². The van der Waals surface area contributed by atoms with E-state index in [4.69, 9.17) is 21.1 Å². The monoisotopic (exact) mass is 459 g/mol. The first-order chi connectivity index (χ1) is 13.6. The lowest BCUT2D eigenvalue weighted by Gasteiger charge is -2.15. The van der Waals surface area contributed by atoms with Crippen LogP contribution in [-0.4, -0.2) is 7.11 Å². The van der Waals surface area contributed by atoms with Crippen molar-refractivity contribution in [3.63, 3.8) is 0 Å². The molecule has 1 N–H and O–H groups in total. The van der Waals surface area contributed by atoms with Crippen LogP contribution in [0, 0.1) is 0 Å². The minimum absolute atomic E-state index is 0.414. The third kappa shape index (κ3) is 5.43. The SMILES string of the molecule is CCc1ccc(NCc2cc(Br)c(OCc3cccc(Cl)c3)c(OC)c2)cc1. The molecule has 0 saturated heterocycles. The van der Waals surface area contributed by atoms with E-state index in [1.54, 1.807) is 7.11 Å². The van der Waals surface area contributed by atoms with Crippen LogP contribution >= 0.6 is 27.5 Å². The minimum Gasteiger partial charge on any atom is -0.493 e. The molecule has 0 aromatic heterocycles. The third-order valence-corrected chi connectivity index (χ3v) is 5.24. The van der Waals surface area contributed by atoms with Crippen LogP contribution in [0.5, 0.6) is 11.5 Å². The van der Waals surface area contributed by atoms with E-state index >= 15 is 0 Å². The Kier molecular flexibility index (Phi) is 7.24. The third-order valence-electron chi connectivity index (χ3n) is 4.42. The van der Waals surface area contributed by atoms with E-state index < -0.39 is 0 Å². The summed E-state index contributed by atoms with van der Waals surface area (Å²) in [5.74, 6) is 1.37. The molecule has 3 aromatic rings. The first-order valence-electron chi connectivity index (χ1n) is 9.15. The molecule has 0 unspecified atom stereocenters. The maximum atomic E-state index is 6.04. The average Bonchev–Trinajstić information content (AvgIpc) is 2.71.